The standard InChI is InChI=1S/C10H5BrClF3N4O2/c11-4-1-5(12)6-2-16-7(19(6)3-4)8(20)17-18-9(21)10(13,14)15/h1-3H,(H,17,20)(H,18,21). The molecule has 2 rings (SSSR count). The topological polar surface area (TPSA) is 75.5 Å². The van der Waals surface area contributed by atoms with Crippen molar-refractivity contribution in [2.24, 2.45) is 0 Å². The van der Waals surface area contributed by atoms with Gasteiger partial charge in [-0.05, 0) is 22.0 Å². The Morgan fingerprint density at radius 2 is 2.00 bits per heavy atom. The van der Waals surface area contributed by atoms with Gasteiger partial charge in [-0.1, -0.05) is 11.6 Å². The molecule has 0 bridgehead atoms. The van der Waals surface area contributed by atoms with Crippen LogP contribution in [0.2, 0.25) is 5.02 Å². The van der Waals surface area contributed by atoms with Crippen LogP contribution < -0.4 is 10.9 Å². The fraction of sp³-hybridized carbons (Fsp3) is 0.100. The summed E-state index contributed by atoms with van der Waals surface area (Å²) in [6.45, 7) is 0. The Balaban J connectivity index is 2.23. The van der Waals surface area contributed by atoms with Gasteiger partial charge in [-0.3, -0.25) is 24.8 Å². The first kappa shape index (κ1) is 15.6. The molecule has 0 saturated carbocycles. The van der Waals surface area contributed by atoms with E-state index in [0.717, 1.165) is 0 Å². The molecule has 0 radical (unpaired) electrons. The Hall–Kier alpha value is -1.81. The van der Waals surface area contributed by atoms with Crippen LogP contribution in [0.4, 0.5) is 13.2 Å². The lowest BCUT2D eigenvalue weighted by atomic mass is 10.4. The molecule has 112 valence electrons. The molecule has 0 unspecified atom stereocenters. The predicted octanol–water partition coefficient (Wildman–Crippen LogP) is 2.07. The van der Waals surface area contributed by atoms with Crippen molar-refractivity contribution in [1.29, 1.82) is 0 Å². The second-order valence-electron chi connectivity index (χ2n) is 3.75. The van der Waals surface area contributed by atoms with E-state index in [9.17, 15) is 22.8 Å². The molecular weight excluding hydrogens is 380 g/mol. The van der Waals surface area contributed by atoms with Crippen LogP contribution >= 0.6 is 27.5 Å². The third-order valence-corrected chi connectivity index (χ3v) is 3.05. The molecule has 0 aliphatic carbocycles. The van der Waals surface area contributed by atoms with Crippen molar-refractivity contribution < 1.29 is 22.8 Å². The molecule has 2 heterocycles. The summed E-state index contributed by atoms with van der Waals surface area (Å²) in [7, 11) is 0. The number of hydrogen-bond donors (Lipinski definition) is 2. The van der Waals surface area contributed by atoms with Gasteiger partial charge in [0, 0.05) is 10.7 Å². The maximum atomic E-state index is 12.0. The summed E-state index contributed by atoms with van der Waals surface area (Å²) >= 11 is 9.08. The lowest BCUT2D eigenvalue weighted by Gasteiger charge is -2.09. The molecule has 0 fully saturated rings. The Labute approximate surface area is 128 Å². The van der Waals surface area contributed by atoms with Gasteiger partial charge in [0.1, 0.15) is 0 Å². The van der Waals surface area contributed by atoms with Crippen LogP contribution in [-0.4, -0.2) is 27.4 Å². The molecule has 2 N–H and O–H groups in total. The molecule has 2 aromatic rings. The number of halogens is 5. The number of hydrazine groups is 1. The van der Waals surface area contributed by atoms with Crippen LogP contribution in [0.1, 0.15) is 10.6 Å². The van der Waals surface area contributed by atoms with Gasteiger partial charge in [0.2, 0.25) is 5.82 Å². The zero-order chi connectivity index (χ0) is 15.8. The minimum absolute atomic E-state index is 0.240. The summed E-state index contributed by atoms with van der Waals surface area (Å²) in [6.07, 6.45) is -2.38. The molecule has 0 atom stereocenters. The Bertz CT molecular complexity index is 731. The van der Waals surface area contributed by atoms with Crippen molar-refractivity contribution in [3.63, 3.8) is 0 Å². The minimum Gasteiger partial charge on any atom is -0.293 e. The SMILES string of the molecule is O=C(NNC(=O)C(F)(F)F)c1ncc2c(Cl)cc(Br)cn12. The largest absolute Gasteiger partial charge is 0.472 e. The van der Waals surface area contributed by atoms with E-state index < -0.39 is 18.0 Å². The van der Waals surface area contributed by atoms with Crippen LogP contribution in [0, 0.1) is 0 Å². The van der Waals surface area contributed by atoms with E-state index in [0.29, 0.717) is 9.99 Å². The number of amides is 2. The number of rotatable bonds is 1. The van der Waals surface area contributed by atoms with Crippen molar-refractivity contribution >= 4 is 44.9 Å². The van der Waals surface area contributed by atoms with Gasteiger partial charge in [0.25, 0.3) is 0 Å². The number of fused-ring (bicyclic) bond motifs is 1. The second kappa shape index (κ2) is 5.53. The maximum absolute atomic E-state index is 12.0. The average molecular weight is 386 g/mol. The minimum atomic E-state index is -5.10. The first-order valence-electron chi connectivity index (χ1n) is 5.20. The molecule has 0 aromatic carbocycles. The fourth-order valence-corrected chi connectivity index (χ4v) is 2.25. The number of pyridine rings is 1. The molecule has 2 amide bonds. The number of carbonyl (C=O) groups excluding carboxylic acids is 2. The number of alkyl halides is 3. The summed E-state index contributed by atoms with van der Waals surface area (Å²) in [4.78, 5) is 26.1. The molecule has 0 aliphatic heterocycles. The molecular formula is C10H5BrClF3N4O2. The highest BCUT2D eigenvalue weighted by Crippen LogP contribution is 2.23. The first-order valence-corrected chi connectivity index (χ1v) is 6.37. The molecule has 2 aromatic heterocycles. The number of carbonyl (C=O) groups is 2. The molecule has 21 heavy (non-hydrogen) atoms. The van der Waals surface area contributed by atoms with Crippen LogP contribution in [0.5, 0.6) is 0 Å². The van der Waals surface area contributed by atoms with Gasteiger partial charge in [-0.15, -0.1) is 0 Å². The summed E-state index contributed by atoms with van der Waals surface area (Å²) in [5, 5.41) is 0.287. The number of hydrogen-bond acceptors (Lipinski definition) is 3. The van der Waals surface area contributed by atoms with E-state index in [1.165, 1.54) is 22.2 Å². The normalized spacial score (nSPS) is 11.5. The lowest BCUT2D eigenvalue weighted by molar-refractivity contribution is -0.174. The van der Waals surface area contributed by atoms with Gasteiger partial charge >= 0.3 is 18.0 Å². The Morgan fingerprint density at radius 3 is 2.62 bits per heavy atom. The van der Waals surface area contributed by atoms with Crippen molar-refractivity contribution in [2.45, 2.75) is 6.18 Å². The Kier molecular flexibility index (Phi) is 4.10. The van der Waals surface area contributed by atoms with Crippen LogP contribution in [0.25, 0.3) is 5.52 Å². The van der Waals surface area contributed by atoms with Crippen molar-refractivity contribution in [2.75, 3.05) is 0 Å². The third-order valence-electron chi connectivity index (χ3n) is 2.31. The zero-order valence-corrected chi connectivity index (χ0v) is 12.2. The second-order valence-corrected chi connectivity index (χ2v) is 5.07. The van der Waals surface area contributed by atoms with E-state index in [4.69, 9.17) is 11.6 Å². The number of aromatic nitrogens is 2. The monoisotopic (exact) mass is 384 g/mol. The number of imidazole rings is 1. The predicted molar refractivity (Wildman–Crippen MR) is 69.6 cm³/mol. The summed E-state index contributed by atoms with van der Waals surface area (Å²) in [5.74, 6) is -3.56. The smallest absolute Gasteiger partial charge is 0.293 e. The highest BCUT2D eigenvalue weighted by molar-refractivity contribution is 9.10. The average Bonchev–Trinajstić information content (AvgIpc) is 2.78. The maximum Gasteiger partial charge on any atom is 0.472 e. The lowest BCUT2D eigenvalue weighted by Crippen LogP contribution is -2.48. The van der Waals surface area contributed by atoms with Crippen LogP contribution in [0.3, 0.4) is 0 Å². The molecule has 11 heteroatoms. The van der Waals surface area contributed by atoms with Gasteiger partial charge in [0.05, 0.1) is 16.7 Å². The summed E-state index contributed by atoms with van der Waals surface area (Å²) < 4.78 is 37.8. The molecule has 6 nitrogen and oxygen atoms in total. The van der Waals surface area contributed by atoms with Crippen molar-refractivity contribution in [3.05, 3.63) is 33.8 Å². The van der Waals surface area contributed by atoms with E-state index >= 15 is 0 Å². The fourth-order valence-electron chi connectivity index (χ4n) is 1.43. The zero-order valence-electron chi connectivity index (χ0n) is 9.83. The summed E-state index contributed by atoms with van der Waals surface area (Å²) in [6, 6.07) is 1.56. The van der Waals surface area contributed by atoms with Crippen molar-refractivity contribution in [3.8, 4) is 0 Å². The van der Waals surface area contributed by atoms with E-state index in [1.54, 1.807) is 11.5 Å². The highest BCUT2D eigenvalue weighted by Gasteiger charge is 2.39. The number of nitrogens with one attached hydrogen (secondary N) is 2. The van der Waals surface area contributed by atoms with E-state index in [2.05, 4.69) is 20.9 Å². The molecule has 0 saturated heterocycles. The van der Waals surface area contributed by atoms with Crippen molar-refractivity contribution in [1.82, 2.24) is 20.2 Å². The summed E-state index contributed by atoms with van der Waals surface area (Å²) in [5.41, 5.74) is 3.25. The first-order chi connectivity index (χ1) is 9.70. The highest BCUT2D eigenvalue weighted by atomic mass is 79.9. The number of nitrogens with zero attached hydrogens (tertiary/aromatic N) is 2. The van der Waals surface area contributed by atoms with E-state index in [1.807, 2.05) is 0 Å². The van der Waals surface area contributed by atoms with Gasteiger partial charge in [-0.2, -0.15) is 13.2 Å². The third kappa shape index (κ3) is 3.27. The Morgan fingerprint density at radius 1 is 1.33 bits per heavy atom. The molecule has 0 aliphatic rings. The van der Waals surface area contributed by atoms with Gasteiger partial charge in [0.15, 0.2) is 0 Å². The van der Waals surface area contributed by atoms with Gasteiger partial charge < -0.3 is 0 Å². The quantitative estimate of drug-likeness (QED) is 0.738. The van der Waals surface area contributed by atoms with Gasteiger partial charge in [-0.25, -0.2) is 4.98 Å². The van der Waals surface area contributed by atoms with Crippen LogP contribution in [0.15, 0.2) is 22.9 Å². The molecule has 0 spiro atoms. The van der Waals surface area contributed by atoms with E-state index in [-0.39, 0.29) is 10.8 Å². The van der Waals surface area contributed by atoms with Crippen LogP contribution in [-0.2, 0) is 4.79 Å².